The normalized spacial score (nSPS) is 18.7. The van der Waals surface area contributed by atoms with Crippen LogP contribution in [-0.2, 0) is 20.8 Å². The first-order chi connectivity index (χ1) is 18.6. The van der Waals surface area contributed by atoms with Crippen molar-refractivity contribution in [2.75, 3.05) is 43.1 Å². The van der Waals surface area contributed by atoms with Gasteiger partial charge in [0.25, 0.3) is 5.91 Å². The largest absolute Gasteiger partial charge is 0.485 e. The Kier molecular flexibility index (Phi) is 6.71. The molecule has 0 spiro atoms. The van der Waals surface area contributed by atoms with Crippen LogP contribution in [0.15, 0.2) is 48.8 Å². The van der Waals surface area contributed by atoms with Gasteiger partial charge in [0.05, 0.1) is 31.1 Å². The van der Waals surface area contributed by atoms with Crippen LogP contribution in [0.2, 0.25) is 0 Å². The number of fused-ring (bicyclic) bond motifs is 1. The van der Waals surface area contributed by atoms with Gasteiger partial charge in [0, 0.05) is 30.6 Å². The van der Waals surface area contributed by atoms with E-state index in [1.54, 1.807) is 24.5 Å². The molecule has 3 aromatic heterocycles. The minimum Gasteiger partial charge on any atom is -0.485 e. The Bertz CT molecular complexity index is 1350. The number of cyclic esters (lactones) is 1. The van der Waals surface area contributed by atoms with Crippen molar-refractivity contribution in [3.05, 3.63) is 54.5 Å². The number of rotatable bonds is 9. The predicted molar refractivity (Wildman–Crippen MR) is 135 cm³/mol. The average Bonchev–Trinajstić information content (AvgIpc) is 3.29. The van der Waals surface area contributed by atoms with Crippen molar-refractivity contribution < 1.29 is 28.5 Å². The van der Waals surface area contributed by atoms with Crippen molar-refractivity contribution >= 4 is 23.6 Å². The van der Waals surface area contributed by atoms with Crippen molar-refractivity contribution in [1.82, 2.24) is 20.3 Å². The second-order valence-corrected chi connectivity index (χ2v) is 9.12. The van der Waals surface area contributed by atoms with Crippen molar-refractivity contribution in [3.8, 4) is 22.8 Å². The summed E-state index contributed by atoms with van der Waals surface area (Å²) in [5.74, 6) is 1.66. The Balaban J connectivity index is 1.00. The molecule has 6 rings (SSSR count). The Morgan fingerprint density at radius 1 is 1.11 bits per heavy atom. The molecule has 2 N–H and O–H groups in total. The number of aromatic nitrogens is 3. The topological polar surface area (TPSA) is 137 Å². The van der Waals surface area contributed by atoms with Crippen LogP contribution in [0.4, 0.5) is 16.4 Å². The zero-order valence-corrected chi connectivity index (χ0v) is 20.5. The minimum absolute atomic E-state index is 0.0513. The monoisotopic (exact) mass is 518 g/mol. The molecular weight excluding hydrogens is 492 g/mol. The Morgan fingerprint density at radius 3 is 2.87 bits per heavy atom. The molecule has 3 aliphatic heterocycles. The van der Waals surface area contributed by atoms with Gasteiger partial charge in [-0.1, -0.05) is 0 Å². The van der Waals surface area contributed by atoms with Crippen LogP contribution >= 0.6 is 0 Å². The van der Waals surface area contributed by atoms with Gasteiger partial charge in [-0.25, -0.2) is 9.78 Å². The summed E-state index contributed by atoms with van der Waals surface area (Å²) in [7, 11) is 0. The standard InChI is InChI=1S/C26H26N6O6/c33-24-15-36-22-1-2-23(30-25(22)31-24)32-12-19(38-26(32)34)4-6-27-11-17-9-16(3-7-28-17)21-10-18(5-8-29-21)37-20-13-35-14-20/h1-3,5,7-10,19-20,27H,4,6,11-15H2,(H,30,31,33)/t19-/m0/s1. The van der Waals surface area contributed by atoms with Crippen molar-refractivity contribution in [2.45, 2.75) is 25.2 Å². The van der Waals surface area contributed by atoms with E-state index in [1.165, 1.54) is 4.90 Å². The molecule has 2 amide bonds. The van der Waals surface area contributed by atoms with Gasteiger partial charge in [-0.15, -0.1) is 0 Å². The molecule has 1 atom stereocenters. The van der Waals surface area contributed by atoms with E-state index in [2.05, 4.69) is 25.6 Å². The number of nitrogens with one attached hydrogen (secondary N) is 2. The van der Waals surface area contributed by atoms with E-state index in [0.717, 1.165) is 22.7 Å². The summed E-state index contributed by atoms with van der Waals surface area (Å²) >= 11 is 0. The number of hydrogen-bond donors (Lipinski definition) is 2. The van der Waals surface area contributed by atoms with Crippen molar-refractivity contribution in [2.24, 2.45) is 0 Å². The van der Waals surface area contributed by atoms with Crippen molar-refractivity contribution in [3.63, 3.8) is 0 Å². The number of pyridine rings is 3. The fourth-order valence-corrected chi connectivity index (χ4v) is 4.29. The van der Waals surface area contributed by atoms with E-state index >= 15 is 0 Å². The van der Waals surface area contributed by atoms with E-state index in [4.69, 9.17) is 18.9 Å². The number of carbonyl (C=O) groups is 2. The molecule has 0 aliphatic carbocycles. The third kappa shape index (κ3) is 5.36. The summed E-state index contributed by atoms with van der Waals surface area (Å²) in [6.45, 7) is 2.72. The van der Waals surface area contributed by atoms with Crippen LogP contribution in [0.1, 0.15) is 12.1 Å². The average molecular weight is 519 g/mol. The summed E-state index contributed by atoms with van der Waals surface area (Å²) in [5.41, 5.74) is 2.63. The summed E-state index contributed by atoms with van der Waals surface area (Å²) in [6.07, 6.45) is 3.46. The SMILES string of the molecule is O=C1COc2ccc(N3C[C@H](CCNCc4cc(-c5cc(OC6COC6)ccn5)ccn4)OC3=O)nc2N1. The van der Waals surface area contributed by atoms with Crippen molar-refractivity contribution in [1.29, 1.82) is 0 Å². The fraction of sp³-hybridized carbons (Fsp3) is 0.346. The van der Waals surface area contributed by atoms with Gasteiger partial charge in [-0.05, 0) is 43.3 Å². The molecule has 196 valence electrons. The summed E-state index contributed by atoms with van der Waals surface area (Å²) < 4.78 is 21.9. The van der Waals surface area contributed by atoms with E-state index in [9.17, 15) is 9.59 Å². The Hall–Kier alpha value is -4.29. The van der Waals surface area contributed by atoms with Crippen LogP contribution < -0.4 is 25.0 Å². The second-order valence-electron chi connectivity index (χ2n) is 9.12. The molecule has 38 heavy (non-hydrogen) atoms. The van der Waals surface area contributed by atoms with E-state index < -0.39 is 6.09 Å². The predicted octanol–water partition coefficient (Wildman–Crippen LogP) is 2.15. The molecule has 0 saturated carbocycles. The van der Waals surface area contributed by atoms with E-state index in [-0.39, 0.29) is 24.7 Å². The lowest BCUT2D eigenvalue weighted by atomic mass is 10.1. The molecule has 0 unspecified atom stereocenters. The highest BCUT2D eigenvalue weighted by Gasteiger charge is 2.33. The molecule has 3 aromatic rings. The van der Waals surface area contributed by atoms with Gasteiger partial charge in [-0.2, -0.15) is 0 Å². The zero-order chi connectivity index (χ0) is 25.9. The van der Waals surface area contributed by atoms with Crippen LogP contribution in [0, 0.1) is 0 Å². The number of ether oxygens (including phenoxy) is 4. The van der Waals surface area contributed by atoms with Crippen LogP contribution in [-0.4, -0.2) is 72.1 Å². The maximum absolute atomic E-state index is 12.4. The van der Waals surface area contributed by atoms with Gasteiger partial charge in [-0.3, -0.25) is 19.7 Å². The first-order valence-corrected chi connectivity index (χ1v) is 12.4. The van der Waals surface area contributed by atoms with Gasteiger partial charge < -0.3 is 29.6 Å². The smallest absolute Gasteiger partial charge is 0.415 e. The molecule has 12 nitrogen and oxygen atoms in total. The highest BCUT2D eigenvalue weighted by atomic mass is 16.6. The van der Waals surface area contributed by atoms with Gasteiger partial charge in [0.15, 0.2) is 18.2 Å². The Morgan fingerprint density at radius 2 is 2.00 bits per heavy atom. The quantitative estimate of drug-likeness (QED) is 0.405. The molecule has 2 saturated heterocycles. The first kappa shape index (κ1) is 24.1. The maximum Gasteiger partial charge on any atom is 0.415 e. The molecular formula is C26H26N6O6. The molecule has 2 fully saturated rings. The van der Waals surface area contributed by atoms with Gasteiger partial charge in [0.1, 0.15) is 23.8 Å². The number of anilines is 2. The number of carbonyl (C=O) groups excluding carboxylic acids is 2. The Labute approximate surface area is 218 Å². The number of nitrogens with zero attached hydrogens (tertiary/aromatic N) is 4. The van der Waals surface area contributed by atoms with Crippen LogP contribution in [0.5, 0.6) is 11.5 Å². The zero-order valence-electron chi connectivity index (χ0n) is 20.5. The lowest BCUT2D eigenvalue weighted by molar-refractivity contribution is -0.118. The molecule has 6 heterocycles. The number of amides is 2. The molecule has 0 aromatic carbocycles. The summed E-state index contributed by atoms with van der Waals surface area (Å²) in [5, 5.41) is 6.02. The van der Waals surface area contributed by atoms with Crippen LogP contribution in [0.3, 0.4) is 0 Å². The first-order valence-electron chi connectivity index (χ1n) is 12.4. The van der Waals surface area contributed by atoms with Gasteiger partial charge in [0.2, 0.25) is 0 Å². The molecule has 12 heteroatoms. The van der Waals surface area contributed by atoms with Gasteiger partial charge >= 0.3 is 6.09 Å². The van der Waals surface area contributed by atoms with Crippen LogP contribution in [0.25, 0.3) is 11.3 Å². The molecule has 3 aliphatic rings. The lowest BCUT2D eigenvalue weighted by Gasteiger charge is -2.26. The maximum atomic E-state index is 12.4. The summed E-state index contributed by atoms with van der Waals surface area (Å²) in [6, 6.07) is 11.0. The highest BCUT2D eigenvalue weighted by molar-refractivity contribution is 5.95. The molecule has 0 radical (unpaired) electrons. The van der Waals surface area contributed by atoms with E-state index in [1.807, 2.05) is 24.3 Å². The third-order valence-corrected chi connectivity index (χ3v) is 6.31. The van der Waals surface area contributed by atoms with E-state index in [0.29, 0.717) is 56.7 Å². The third-order valence-electron chi connectivity index (χ3n) is 6.31. The number of hydrogen-bond acceptors (Lipinski definition) is 10. The molecule has 0 bridgehead atoms. The minimum atomic E-state index is -0.469. The fourth-order valence-electron chi connectivity index (χ4n) is 4.29. The second kappa shape index (κ2) is 10.6. The summed E-state index contributed by atoms with van der Waals surface area (Å²) in [4.78, 5) is 38.7. The lowest BCUT2D eigenvalue weighted by Crippen LogP contribution is -2.38. The highest BCUT2D eigenvalue weighted by Crippen LogP contribution is 2.30.